The lowest BCUT2D eigenvalue weighted by molar-refractivity contribution is 0.280. The van der Waals surface area contributed by atoms with Crippen LogP contribution in [0.3, 0.4) is 0 Å². The van der Waals surface area contributed by atoms with Gasteiger partial charge in [0, 0.05) is 46.8 Å². The number of aromatic nitrogens is 2. The van der Waals surface area contributed by atoms with Gasteiger partial charge in [0.05, 0.1) is 6.61 Å². The summed E-state index contributed by atoms with van der Waals surface area (Å²) < 4.78 is 40.8. The largest absolute Gasteiger partial charge is 0.466 e. The van der Waals surface area contributed by atoms with Crippen LogP contribution < -0.4 is 10.5 Å². The van der Waals surface area contributed by atoms with E-state index in [0.717, 1.165) is 11.1 Å². The van der Waals surface area contributed by atoms with Crippen molar-refractivity contribution in [3.05, 3.63) is 96.1 Å². The van der Waals surface area contributed by atoms with Crippen molar-refractivity contribution in [3.8, 4) is 33.8 Å². The number of pyridine rings is 2. The van der Waals surface area contributed by atoms with Crippen LogP contribution in [0.25, 0.3) is 22.3 Å². The van der Waals surface area contributed by atoms with Crippen LogP contribution in [0.4, 0.5) is 8.78 Å². The van der Waals surface area contributed by atoms with Crippen molar-refractivity contribution in [2.45, 2.75) is 26.2 Å². The van der Waals surface area contributed by atoms with Crippen molar-refractivity contribution < 1.29 is 18.3 Å². The molecule has 0 saturated heterocycles. The summed E-state index contributed by atoms with van der Waals surface area (Å²) in [7, 11) is 0. The van der Waals surface area contributed by atoms with Gasteiger partial charge in [-0.15, -0.1) is 0 Å². The highest BCUT2D eigenvalue weighted by Gasteiger charge is 2.31. The minimum absolute atomic E-state index is 0.133. The molecule has 0 saturated carbocycles. The molecule has 3 heterocycles. The average molecular weight is 489 g/mol. The first-order valence-electron chi connectivity index (χ1n) is 11.6. The quantitative estimate of drug-likeness (QED) is 0.186. The SMILES string of the molecule is CC.N=C(N)OCC[C@@H]1c2cc(-c3cccnc3F)ccc2Oc2c(F)cc(-c3cccnc3)cc21. The molecule has 0 amide bonds. The summed E-state index contributed by atoms with van der Waals surface area (Å²) in [5.41, 5.74) is 9.13. The first kappa shape index (κ1) is 24.8. The topological polar surface area (TPSA) is 94.1 Å². The van der Waals surface area contributed by atoms with Gasteiger partial charge in [-0.25, -0.2) is 9.37 Å². The minimum atomic E-state index is -0.582. The third kappa shape index (κ3) is 5.02. The van der Waals surface area contributed by atoms with Crippen molar-refractivity contribution in [1.29, 1.82) is 5.41 Å². The molecule has 1 aliphatic rings. The lowest BCUT2D eigenvalue weighted by Crippen LogP contribution is -2.18. The number of nitrogens with zero attached hydrogens (tertiary/aromatic N) is 2. The number of ether oxygens (including phenoxy) is 2. The van der Waals surface area contributed by atoms with Crippen molar-refractivity contribution in [1.82, 2.24) is 9.97 Å². The molecule has 0 radical (unpaired) electrons. The summed E-state index contributed by atoms with van der Waals surface area (Å²) in [5, 5.41) is 7.37. The van der Waals surface area contributed by atoms with Crippen LogP contribution in [-0.4, -0.2) is 22.6 Å². The zero-order chi connectivity index (χ0) is 25.7. The molecule has 3 N–H and O–H groups in total. The maximum absolute atomic E-state index is 15.2. The molecule has 6 nitrogen and oxygen atoms in total. The molecule has 2 aromatic heterocycles. The fourth-order valence-corrected chi connectivity index (χ4v) is 4.24. The van der Waals surface area contributed by atoms with Crippen LogP contribution in [0.2, 0.25) is 0 Å². The number of fused-ring (bicyclic) bond motifs is 2. The van der Waals surface area contributed by atoms with Gasteiger partial charge in [0.2, 0.25) is 5.95 Å². The Kier molecular flexibility index (Phi) is 7.53. The monoisotopic (exact) mass is 488 g/mol. The third-order valence-corrected chi connectivity index (χ3v) is 5.77. The normalized spacial score (nSPS) is 13.4. The van der Waals surface area contributed by atoms with E-state index in [0.29, 0.717) is 34.4 Å². The molecule has 8 heteroatoms. The van der Waals surface area contributed by atoms with E-state index in [1.165, 1.54) is 12.3 Å². The first-order chi connectivity index (χ1) is 17.5. The summed E-state index contributed by atoms with van der Waals surface area (Å²) in [6.45, 7) is 4.14. The zero-order valence-electron chi connectivity index (χ0n) is 20.0. The minimum Gasteiger partial charge on any atom is -0.466 e. The number of halogens is 2. The highest BCUT2D eigenvalue weighted by molar-refractivity contribution is 5.71. The standard InChI is InChI=1S/C26H20F2N4O2.C2H6/c27-22-13-17(16-3-1-8-31-14-16)12-21-19(7-10-33-26(29)30)20-11-15(5-6-23(20)34-24(21)22)18-4-2-9-32-25(18)28;1-2/h1-6,8-9,11-14,19H,7,10H2,(H3,29,30);1-2H3/t19-;/m1./s1. The lowest BCUT2D eigenvalue weighted by atomic mass is 9.83. The lowest BCUT2D eigenvalue weighted by Gasteiger charge is -2.29. The van der Waals surface area contributed by atoms with E-state index in [1.807, 2.05) is 32.0 Å². The second-order valence-electron chi connectivity index (χ2n) is 7.87. The van der Waals surface area contributed by atoms with E-state index in [2.05, 4.69) is 9.97 Å². The van der Waals surface area contributed by atoms with Crippen LogP contribution in [0, 0.1) is 17.2 Å². The van der Waals surface area contributed by atoms with Gasteiger partial charge >= 0.3 is 0 Å². The summed E-state index contributed by atoms with van der Waals surface area (Å²) in [5.74, 6) is -0.818. The van der Waals surface area contributed by atoms with Crippen LogP contribution in [0.15, 0.2) is 73.2 Å². The molecule has 184 valence electrons. The maximum atomic E-state index is 15.2. The Morgan fingerprint density at radius 1 is 1.00 bits per heavy atom. The molecule has 5 rings (SSSR count). The van der Waals surface area contributed by atoms with Gasteiger partial charge in [-0.2, -0.15) is 4.39 Å². The Labute approximate surface area is 208 Å². The number of nitrogens with two attached hydrogens (primary N) is 1. The number of amidine groups is 1. The van der Waals surface area contributed by atoms with E-state index in [1.54, 1.807) is 42.7 Å². The molecular weight excluding hydrogens is 462 g/mol. The summed E-state index contributed by atoms with van der Waals surface area (Å²) in [6, 6.07) is 15.1. The highest BCUT2D eigenvalue weighted by atomic mass is 19.1. The maximum Gasteiger partial charge on any atom is 0.278 e. The Bertz CT molecular complexity index is 1380. The van der Waals surface area contributed by atoms with Gasteiger partial charge in [0.1, 0.15) is 5.75 Å². The van der Waals surface area contributed by atoms with Crippen molar-refractivity contribution in [2.24, 2.45) is 5.73 Å². The Morgan fingerprint density at radius 3 is 2.50 bits per heavy atom. The van der Waals surface area contributed by atoms with Crippen molar-refractivity contribution in [2.75, 3.05) is 6.61 Å². The molecule has 1 atom stereocenters. The molecule has 0 unspecified atom stereocenters. The molecule has 4 aromatic rings. The summed E-state index contributed by atoms with van der Waals surface area (Å²) in [6.07, 6.45) is 5.10. The fourth-order valence-electron chi connectivity index (χ4n) is 4.24. The predicted molar refractivity (Wildman–Crippen MR) is 135 cm³/mol. The van der Waals surface area contributed by atoms with Crippen LogP contribution in [-0.2, 0) is 4.74 Å². The number of rotatable bonds is 5. The molecular formula is C28H26F2N4O2. The fraction of sp³-hybridized carbons (Fsp3) is 0.179. The first-order valence-corrected chi connectivity index (χ1v) is 11.6. The molecule has 0 aliphatic carbocycles. The number of hydrogen-bond acceptors (Lipinski definition) is 5. The highest BCUT2D eigenvalue weighted by Crippen LogP contribution is 2.49. The van der Waals surface area contributed by atoms with Gasteiger partial charge in [0.25, 0.3) is 6.02 Å². The molecule has 36 heavy (non-hydrogen) atoms. The Morgan fingerprint density at radius 2 is 1.78 bits per heavy atom. The third-order valence-electron chi connectivity index (χ3n) is 5.77. The number of nitrogens with one attached hydrogen (secondary N) is 1. The van der Waals surface area contributed by atoms with E-state index in [-0.39, 0.29) is 18.3 Å². The predicted octanol–water partition coefficient (Wildman–Crippen LogP) is 6.65. The second-order valence-corrected chi connectivity index (χ2v) is 7.87. The van der Waals surface area contributed by atoms with Gasteiger partial charge in [-0.1, -0.05) is 26.0 Å². The van der Waals surface area contributed by atoms with E-state index in [4.69, 9.17) is 20.6 Å². The van der Waals surface area contributed by atoms with Crippen LogP contribution in [0.1, 0.15) is 37.3 Å². The van der Waals surface area contributed by atoms with Gasteiger partial charge in [-0.3, -0.25) is 10.4 Å². The molecule has 0 spiro atoms. The summed E-state index contributed by atoms with van der Waals surface area (Å²) in [4.78, 5) is 7.86. The van der Waals surface area contributed by atoms with Crippen molar-refractivity contribution in [3.63, 3.8) is 0 Å². The Hall–Kier alpha value is -4.33. The van der Waals surface area contributed by atoms with Gasteiger partial charge < -0.3 is 15.2 Å². The second kappa shape index (κ2) is 10.9. The van der Waals surface area contributed by atoms with Crippen LogP contribution >= 0.6 is 0 Å². The summed E-state index contributed by atoms with van der Waals surface area (Å²) >= 11 is 0. The Balaban J connectivity index is 0.00000148. The number of hydrogen-bond donors (Lipinski definition) is 2. The molecule has 1 aliphatic heterocycles. The van der Waals surface area contributed by atoms with Crippen LogP contribution in [0.5, 0.6) is 11.5 Å². The van der Waals surface area contributed by atoms with E-state index in [9.17, 15) is 4.39 Å². The van der Waals surface area contributed by atoms with E-state index < -0.39 is 17.8 Å². The molecule has 0 bridgehead atoms. The van der Waals surface area contributed by atoms with Crippen molar-refractivity contribution >= 4 is 6.02 Å². The molecule has 2 aromatic carbocycles. The van der Waals surface area contributed by atoms with Gasteiger partial charge in [-0.05, 0) is 60.0 Å². The molecule has 0 fully saturated rings. The van der Waals surface area contributed by atoms with E-state index >= 15 is 4.39 Å². The average Bonchev–Trinajstić information content (AvgIpc) is 2.90. The number of benzene rings is 2. The smallest absolute Gasteiger partial charge is 0.278 e. The van der Waals surface area contributed by atoms with Gasteiger partial charge in [0.15, 0.2) is 11.6 Å². The zero-order valence-corrected chi connectivity index (χ0v) is 20.0.